The molecule has 7 heteroatoms. The number of aryl methyl sites for hydroxylation is 2. The molecule has 2 heterocycles. The van der Waals surface area contributed by atoms with Crippen molar-refractivity contribution in [3.05, 3.63) is 58.5 Å². The Labute approximate surface area is 215 Å². The van der Waals surface area contributed by atoms with Crippen LogP contribution >= 0.6 is 0 Å². The molecule has 2 aromatic heterocycles. The van der Waals surface area contributed by atoms with E-state index in [-0.39, 0.29) is 5.91 Å². The molecule has 0 radical (unpaired) electrons. The number of hydrogen-bond donors (Lipinski definition) is 1. The number of methoxy groups -OCH3 is 1. The molecule has 0 unspecified atom stereocenters. The number of hydrogen-bond acceptors (Lipinski definition) is 5. The quantitative estimate of drug-likeness (QED) is 0.486. The minimum atomic E-state index is -0.0721. The minimum absolute atomic E-state index is 0.0721. The number of anilines is 1. The number of ether oxygens (including phenoxy) is 1. The zero-order valence-corrected chi connectivity index (χ0v) is 22.9. The van der Waals surface area contributed by atoms with Crippen molar-refractivity contribution in [3.8, 4) is 5.75 Å². The van der Waals surface area contributed by atoms with E-state index >= 15 is 0 Å². The van der Waals surface area contributed by atoms with Crippen molar-refractivity contribution < 1.29 is 9.53 Å². The highest BCUT2D eigenvalue weighted by Crippen LogP contribution is 2.33. The van der Waals surface area contributed by atoms with Crippen molar-refractivity contribution in [1.82, 2.24) is 19.6 Å². The van der Waals surface area contributed by atoms with Crippen LogP contribution in [0.15, 0.2) is 30.6 Å². The van der Waals surface area contributed by atoms with Gasteiger partial charge in [-0.2, -0.15) is 0 Å². The Hall–Kier alpha value is -3.06. The summed E-state index contributed by atoms with van der Waals surface area (Å²) in [6.07, 6.45) is 8.49. The second-order valence-electron chi connectivity index (χ2n) is 10.3. The average Bonchev–Trinajstić information content (AvgIpc) is 3.36. The van der Waals surface area contributed by atoms with Crippen molar-refractivity contribution in [3.63, 3.8) is 0 Å². The maximum absolute atomic E-state index is 13.5. The molecule has 1 N–H and O–H groups in total. The number of fused-ring (bicyclic) bond motifs is 1. The van der Waals surface area contributed by atoms with Gasteiger partial charge in [0.05, 0.1) is 19.2 Å². The van der Waals surface area contributed by atoms with E-state index in [0.717, 1.165) is 45.9 Å². The lowest BCUT2D eigenvalue weighted by atomic mass is 9.88. The van der Waals surface area contributed by atoms with Gasteiger partial charge >= 0.3 is 0 Å². The van der Waals surface area contributed by atoms with Crippen LogP contribution in [0.4, 0.5) is 5.69 Å². The van der Waals surface area contributed by atoms with E-state index in [2.05, 4.69) is 61.0 Å². The molecule has 194 valence electrons. The summed E-state index contributed by atoms with van der Waals surface area (Å²) in [6.45, 7) is 9.67. The Morgan fingerprint density at radius 1 is 1.11 bits per heavy atom. The molecule has 7 nitrogen and oxygen atoms in total. The monoisotopic (exact) mass is 491 g/mol. The third kappa shape index (κ3) is 5.07. The number of pyridine rings is 1. The SMILES string of the molecule is CCN(c1cc(C)cc(C(=O)NCc2c(OC)cc(C)n3ccnc23)c1C)[C@H]1CC[C@H](N(C)C)CC1. The second kappa shape index (κ2) is 10.9. The number of imidazole rings is 1. The summed E-state index contributed by atoms with van der Waals surface area (Å²) < 4.78 is 7.64. The Morgan fingerprint density at radius 2 is 1.81 bits per heavy atom. The van der Waals surface area contributed by atoms with Crippen LogP contribution in [0.2, 0.25) is 0 Å². The van der Waals surface area contributed by atoms with Crippen LogP contribution in [-0.4, -0.2) is 60.0 Å². The van der Waals surface area contributed by atoms with Gasteiger partial charge in [-0.05, 0) is 90.7 Å². The van der Waals surface area contributed by atoms with Gasteiger partial charge in [-0.3, -0.25) is 4.79 Å². The van der Waals surface area contributed by atoms with Gasteiger partial charge < -0.3 is 24.3 Å². The van der Waals surface area contributed by atoms with Crippen LogP contribution in [0.5, 0.6) is 5.75 Å². The molecule has 1 amide bonds. The molecule has 0 atom stereocenters. The van der Waals surface area contributed by atoms with Crippen molar-refractivity contribution in [2.45, 2.75) is 72.0 Å². The maximum atomic E-state index is 13.5. The minimum Gasteiger partial charge on any atom is -0.496 e. The van der Waals surface area contributed by atoms with Crippen molar-refractivity contribution in [2.24, 2.45) is 0 Å². The smallest absolute Gasteiger partial charge is 0.251 e. The van der Waals surface area contributed by atoms with Gasteiger partial charge in [0.2, 0.25) is 0 Å². The van der Waals surface area contributed by atoms with Gasteiger partial charge in [-0.1, -0.05) is 0 Å². The van der Waals surface area contributed by atoms with E-state index in [1.54, 1.807) is 13.3 Å². The van der Waals surface area contributed by atoms with Crippen LogP contribution in [0.1, 0.15) is 65.3 Å². The van der Waals surface area contributed by atoms with Gasteiger partial charge in [0.15, 0.2) is 0 Å². The zero-order valence-electron chi connectivity index (χ0n) is 22.9. The number of benzene rings is 1. The molecule has 1 saturated carbocycles. The molecular weight excluding hydrogens is 450 g/mol. The third-order valence-corrected chi connectivity index (χ3v) is 7.83. The molecule has 1 aromatic carbocycles. The third-order valence-electron chi connectivity index (χ3n) is 7.83. The van der Waals surface area contributed by atoms with Gasteiger partial charge in [0.25, 0.3) is 5.91 Å². The molecule has 3 aromatic rings. The first-order chi connectivity index (χ1) is 17.2. The van der Waals surface area contributed by atoms with Crippen LogP contribution in [0.3, 0.4) is 0 Å². The Morgan fingerprint density at radius 3 is 2.44 bits per heavy atom. The summed E-state index contributed by atoms with van der Waals surface area (Å²) in [5.41, 5.74) is 6.77. The number of rotatable bonds is 8. The summed E-state index contributed by atoms with van der Waals surface area (Å²) in [7, 11) is 6.02. The highest BCUT2D eigenvalue weighted by Gasteiger charge is 2.28. The number of carbonyl (C=O) groups excluding carboxylic acids is 1. The van der Waals surface area contributed by atoms with Crippen molar-refractivity contribution >= 4 is 17.2 Å². The summed E-state index contributed by atoms with van der Waals surface area (Å²) in [5, 5.41) is 3.15. The Kier molecular flexibility index (Phi) is 7.88. The number of nitrogens with one attached hydrogen (secondary N) is 1. The van der Waals surface area contributed by atoms with Gasteiger partial charge in [-0.15, -0.1) is 0 Å². The largest absolute Gasteiger partial charge is 0.496 e. The Balaban J connectivity index is 1.57. The fourth-order valence-electron chi connectivity index (χ4n) is 5.77. The molecule has 4 rings (SSSR count). The lowest BCUT2D eigenvalue weighted by Gasteiger charge is -2.40. The molecule has 1 fully saturated rings. The number of amides is 1. The van der Waals surface area contributed by atoms with Crippen LogP contribution in [0.25, 0.3) is 5.65 Å². The normalized spacial score (nSPS) is 18.0. The van der Waals surface area contributed by atoms with Crippen LogP contribution in [-0.2, 0) is 6.54 Å². The molecule has 0 spiro atoms. The lowest BCUT2D eigenvalue weighted by molar-refractivity contribution is 0.0950. The standard InChI is InChI=1S/C29H41N5O2/c1-8-33(23-11-9-22(10-12-23)32(5)6)26-16-19(2)15-24(21(26)4)29(35)31-18-25-27(36-7)17-20(3)34-14-13-30-28(25)34/h13-17,22-23H,8-12,18H2,1-7H3,(H,31,35)/t22-,23-. The summed E-state index contributed by atoms with van der Waals surface area (Å²) in [6, 6.07) is 7.40. The molecule has 1 aliphatic carbocycles. The van der Waals surface area contributed by atoms with E-state index < -0.39 is 0 Å². The van der Waals surface area contributed by atoms with Gasteiger partial charge in [0, 0.05) is 54.0 Å². The van der Waals surface area contributed by atoms with Gasteiger partial charge in [-0.25, -0.2) is 4.98 Å². The number of carbonyl (C=O) groups is 1. The van der Waals surface area contributed by atoms with Crippen molar-refractivity contribution in [2.75, 3.05) is 32.6 Å². The highest BCUT2D eigenvalue weighted by molar-refractivity contribution is 5.97. The Bertz CT molecular complexity index is 1220. The fraction of sp³-hybridized carbons (Fsp3) is 0.517. The van der Waals surface area contributed by atoms with Crippen molar-refractivity contribution in [1.29, 1.82) is 0 Å². The first kappa shape index (κ1) is 26.0. The highest BCUT2D eigenvalue weighted by atomic mass is 16.5. The lowest BCUT2D eigenvalue weighted by Crippen LogP contribution is -2.42. The van der Waals surface area contributed by atoms with Crippen LogP contribution < -0.4 is 15.0 Å². The first-order valence-electron chi connectivity index (χ1n) is 13.1. The summed E-state index contributed by atoms with van der Waals surface area (Å²) in [5.74, 6) is 0.663. The van der Waals surface area contributed by atoms with E-state index in [9.17, 15) is 4.79 Å². The molecule has 1 aliphatic rings. The zero-order chi connectivity index (χ0) is 26.0. The molecule has 36 heavy (non-hydrogen) atoms. The summed E-state index contributed by atoms with van der Waals surface area (Å²) in [4.78, 5) is 22.9. The number of nitrogens with zero attached hydrogens (tertiary/aromatic N) is 4. The van der Waals surface area contributed by atoms with E-state index in [0.29, 0.717) is 18.6 Å². The molecular formula is C29H41N5O2. The van der Waals surface area contributed by atoms with E-state index in [1.165, 1.54) is 31.4 Å². The fourth-order valence-corrected chi connectivity index (χ4v) is 5.77. The predicted molar refractivity (Wildman–Crippen MR) is 146 cm³/mol. The average molecular weight is 492 g/mol. The van der Waals surface area contributed by atoms with E-state index in [4.69, 9.17) is 4.74 Å². The topological polar surface area (TPSA) is 62.1 Å². The summed E-state index contributed by atoms with van der Waals surface area (Å²) >= 11 is 0. The maximum Gasteiger partial charge on any atom is 0.251 e. The predicted octanol–water partition coefficient (Wildman–Crippen LogP) is 4.90. The second-order valence-corrected chi connectivity index (χ2v) is 10.3. The molecule has 0 aliphatic heterocycles. The number of aromatic nitrogens is 2. The molecule has 0 bridgehead atoms. The van der Waals surface area contributed by atoms with Gasteiger partial charge in [0.1, 0.15) is 11.4 Å². The van der Waals surface area contributed by atoms with E-state index in [1.807, 2.05) is 29.7 Å². The van der Waals surface area contributed by atoms with Crippen LogP contribution in [0, 0.1) is 20.8 Å². The molecule has 0 saturated heterocycles. The first-order valence-corrected chi connectivity index (χ1v) is 13.1.